The second-order valence-electron chi connectivity index (χ2n) is 5.32. The molecule has 0 aliphatic rings. The molecule has 0 bridgehead atoms. The Balaban J connectivity index is 1.73. The summed E-state index contributed by atoms with van der Waals surface area (Å²) >= 11 is 1.38. The number of benzene rings is 2. The van der Waals surface area contributed by atoms with E-state index in [0.29, 0.717) is 27.6 Å². The molecule has 0 fully saturated rings. The Morgan fingerprint density at radius 1 is 1.12 bits per heavy atom. The Morgan fingerprint density at radius 2 is 1.92 bits per heavy atom. The largest absolute Gasteiger partial charge is 0.278 e. The third kappa shape index (κ3) is 2.62. The van der Waals surface area contributed by atoms with Crippen molar-refractivity contribution in [3.63, 3.8) is 0 Å². The van der Waals surface area contributed by atoms with Crippen molar-refractivity contribution >= 4 is 40.2 Å². The molecule has 0 atom stereocenters. The second kappa shape index (κ2) is 6.34. The molecule has 120 valence electrons. The molecule has 0 amide bonds. The minimum atomic E-state index is 0.464. The van der Waals surface area contributed by atoms with Crippen molar-refractivity contribution < 1.29 is 4.79 Å². The van der Waals surface area contributed by atoms with Crippen LogP contribution in [0.2, 0.25) is 0 Å². The monoisotopic (exact) mass is 345 g/mol. The molecule has 0 saturated heterocycles. The van der Waals surface area contributed by atoms with Gasteiger partial charge in [-0.15, -0.1) is 10.2 Å². The summed E-state index contributed by atoms with van der Waals surface area (Å²) in [6, 6.07) is 17.1. The zero-order valence-corrected chi connectivity index (χ0v) is 13.8. The summed E-state index contributed by atoms with van der Waals surface area (Å²) in [6.45, 7) is 0. The lowest BCUT2D eigenvalue weighted by atomic mass is 10.1. The van der Waals surface area contributed by atoms with E-state index in [-0.39, 0.29) is 0 Å². The Morgan fingerprint density at radius 3 is 2.76 bits per heavy atom. The average Bonchev–Trinajstić information content (AvgIpc) is 2.99. The molecule has 0 saturated carbocycles. The van der Waals surface area contributed by atoms with Gasteiger partial charge in [0.15, 0.2) is 5.65 Å². The van der Waals surface area contributed by atoms with Crippen LogP contribution in [0, 0.1) is 11.3 Å². The molecular weight excluding hydrogens is 334 g/mol. The molecule has 25 heavy (non-hydrogen) atoms. The molecule has 6 nitrogen and oxygen atoms in total. The summed E-state index contributed by atoms with van der Waals surface area (Å²) in [6.07, 6.45) is 0.735. The zero-order valence-electron chi connectivity index (χ0n) is 13.0. The van der Waals surface area contributed by atoms with Crippen LogP contribution in [0.3, 0.4) is 0 Å². The number of nitriles is 1. The van der Waals surface area contributed by atoms with Gasteiger partial charge in [-0.2, -0.15) is 5.26 Å². The maximum Gasteiger partial charge on any atom is 0.219 e. The minimum Gasteiger partial charge on any atom is -0.278 e. The van der Waals surface area contributed by atoms with Crippen molar-refractivity contribution in [2.24, 2.45) is 0 Å². The van der Waals surface area contributed by atoms with Gasteiger partial charge in [-0.1, -0.05) is 48.2 Å². The van der Waals surface area contributed by atoms with Gasteiger partial charge in [0.1, 0.15) is 5.52 Å². The highest BCUT2D eigenvalue weighted by molar-refractivity contribution is 7.98. The van der Waals surface area contributed by atoms with E-state index >= 15 is 0 Å². The SMILES string of the molecule is N#Cc1ccccc1CSc1nnc2c3ccccc3n(C=O)c2n1. The Kier molecular flexibility index (Phi) is 3.88. The van der Waals surface area contributed by atoms with Gasteiger partial charge in [0, 0.05) is 11.1 Å². The molecule has 2 heterocycles. The summed E-state index contributed by atoms with van der Waals surface area (Å²) < 4.78 is 1.48. The smallest absolute Gasteiger partial charge is 0.219 e. The predicted octanol–water partition coefficient (Wildman–Crippen LogP) is 3.18. The molecule has 0 spiro atoms. The van der Waals surface area contributed by atoms with E-state index in [1.165, 1.54) is 16.3 Å². The van der Waals surface area contributed by atoms with E-state index in [0.717, 1.165) is 22.9 Å². The van der Waals surface area contributed by atoms with E-state index < -0.39 is 0 Å². The van der Waals surface area contributed by atoms with Crippen LogP contribution in [0.15, 0.2) is 53.7 Å². The van der Waals surface area contributed by atoms with Crippen LogP contribution in [0.4, 0.5) is 0 Å². The normalized spacial score (nSPS) is 10.8. The number of aromatic nitrogens is 4. The Bertz CT molecular complexity index is 1150. The number of fused-ring (bicyclic) bond motifs is 3. The fraction of sp³-hybridized carbons (Fsp3) is 0.0556. The number of carbonyl (C=O) groups is 1. The number of hydrogen-bond acceptors (Lipinski definition) is 6. The lowest BCUT2D eigenvalue weighted by Gasteiger charge is -2.02. The minimum absolute atomic E-state index is 0.464. The van der Waals surface area contributed by atoms with Crippen LogP contribution < -0.4 is 0 Å². The van der Waals surface area contributed by atoms with Crippen molar-refractivity contribution in [1.29, 1.82) is 5.26 Å². The molecule has 2 aromatic carbocycles. The van der Waals surface area contributed by atoms with Crippen LogP contribution >= 0.6 is 11.8 Å². The average molecular weight is 345 g/mol. The first-order chi connectivity index (χ1) is 12.3. The lowest BCUT2D eigenvalue weighted by Crippen LogP contribution is -1.99. The van der Waals surface area contributed by atoms with Gasteiger partial charge in [0.2, 0.25) is 11.6 Å². The first kappa shape index (κ1) is 15.3. The number of hydrogen-bond donors (Lipinski definition) is 0. The van der Waals surface area contributed by atoms with Gasteiger partial charge in [-0.25, -0.2) is 4.98 Å². The Labute approximate surface area is 147 Å². The van der Waals surface area contributed by atoms with Gasteiger partial charge in [-0.05, 0) is 17.7 Å². The quantitative estimate of drug-likeness (QED) is 0.417. The maximum atomic E-state index is 11.5. The highest BCUT2D eigenvalue weighted by Crippen LogP contribution is 2.27. The number of thioether (sulfide) groups is 1. The summed E-state index contributed by atoms with van der Waals surface area (Å²) in [5.74, 6) is 0.554. The third-order valence-corrected chi connectivity index (χ3v) is 4.78. The zero-order chi connectivity index (χ0) is 17.2. The van der Waals surface area contributed by atoms with Crippen LogP contribution in [-0.2, 0) is 10.5 Å². The predicted molar refractivity (Wildman–Crippen MR) is 95.7 cm³/mol. The van der Waals surface area contributed by atoms with E-state index in [9.17, 15) is 4.79 Å². The van der Waals surface area contributed by atoms with Crippen molar-refractivity contribution in [2.75, 3.05) is 0 Å². The van der Waals surface area contributed by atoms with Crippen molar-refractivity contribution in [1.82, 2.24) is 19.7 Å². The van der Waals surface area contributed by atoms with Crippen molar-refractivity contribution in [3.05, 3.63) is 59.7 Å². The molecule has 0 unspecified atom stereocenters. The summed E-state index contributed by atoms with van der Waals surface area (Å²) in [7, 11) is 0. The summed E-state index contributed by atoms with van der Waals surface area (Å²) in [5.41, 5.74) is 3.39. The first-order valence-electron chi connectivity index (χ1n) is 7.51. The number of para-hydroxylation sites is 1. The van der Waals surface area contributed by atoms with Gasteiger partial charge < -0.3 is 0 Å². The highest BCUT2D eigenvalue weighted by Gasteiger charge is 2.14. The fourth-order valence-corrected chi connectivity index (χ4v) is 3.50. The van der Waals surface area contributed by atoms with Crippen LogP contribution in [0.25, 0.3) is 22.1 Å². The van der Waals surface area contributed by atoms with Gasteiger partial charge >= 0.3 is 0 Å². The molecule has 0 N–H and O–H groups in total. The lowest BCUT2D eigenvalue weighted by molar-refractivity contribution is 0.550. The van der Waals surface area contributed by atoms with E-state index in [2.05, 4.69) is 21.3 Å². The molecule has 2 aromatic heterocycles. The van der Waals surface area contributed by atoms with E-state index in [1.54, 1.807) is 6.07 Å². The summed E-state index contributed by atoms with van der Waals surface area (Å²) in [4.78, 5) is 16.0. The topological polar surface area (TPSA) is 84.5 Å². The molecule has 7 heteroatoms. The second-order valence-corrected chi connectivity index (χ2v) is 6.26. The Hall–Kier alpha value is -3.24. The number of rotatable bonds is 4. The molecule has 0 radical (unpaired) electrons. The molecular formula is C18H11N5OS. The van der Waals surface area contributed by atoms with Crippen LogP contribution in [0.1, 0.15) is 11.1 Å². The van der Waals surface area contributed by atoms with Crippen molar-refractivity contribution in [2.45, 2.75) is 10.9 Å². The standard InChI is InChI=1S/C18H11N5OS/c19-9-12-5-1-2-6-13(12)10-25-18-20-17-16(21-22-18)14-7-3-4-8-15(14)23(17)11-24/h1-8,11H,10H2. The highest BCUT2D eigenvalue weighted by atomic mass is 32.2. The van der Waals surface area contributed by atoms with Gasteiger partial charge in [0.25, 0.3) is 0 Å². The number of carbonyl (C=O) groups excluding carboxylic acids is 1. The van der Waals surface area contributed by atoms with Crippen LogP contribution in [0.5, 0.6) is 0 Å². The van der Waals surface area contributed by atoms with Gasteiger partial charge in [0.05, 0.1) is 17.1 Å². The van der Waals surface area contributed by atoms with E-state index in [4.69, 9.17) is 5.26 Å². The maximum absolute atomic E-state index is 11.5. The molecule has 4 rings (SSSR count). The molecule has 0 aliphatic carbocycles. The fourth-order valence-electron chi connectivity index (χ4n) is 2.71. The van der Waals surface area contributed by atoms with Gasteiger partial charge in [-0.3, -0.25) is 9.36 Å². The number of nitrogens with zero attached hydrogens (tertiary/aromatic N) is 5. The van der Waals surface area contributed by atoms with Crippen LogP contribution in [-0.4, -0.2) is 26.2 Å². The molecule has 0 aliphatic heterocycles. The van der Waals surface area contributed by atoms with Crippen molar-refractivity contribution in [3.8, 4) is 6.07 Å². The molecule has 4 aromatic rings. The van der Waals surface area contributed by atoms with E-state index in [1.807, 2.05) is 42.5 Å². The third-order valence-electron chi connectivity index (χ3n) is 3.90. The summed E-state index contributed by atoms with van der Waals surface area (Å²) in [5, 5.41) is 18.9. The first-order valence-corrected chi connectivity index (χ1v) is 8.50.